The minimum Gasteiger partial charge on any atom is -0.497 e. The number of hydrogen-bond donors (Lipinski definition) is 2. The number of carboxylic acid groups (broad SMARTS) is 1. The molecule has 5 aromatic rings. The molecule has 0 aliphatic heterocycles. The molecule has 4 aromatic carbocycles. The number of rotatable bonds is 15. The van der Waals surface area contributed by atoms with Crippen molar-refractivity contribution in [3.05, 3.63) is 141 Å². The van der Waals surface area contributed by atoms with Gasteiger partial charge in [0, 0.05) is 5.56 Å². The number of carboxylic acids is 1. The molecule has 45 heavy (non-hydrogen) atoms. The molecule has 0 amide bonds. The maximum Gasteiger partial charge on any atom is 0.439 e. The Hall–Kier alpha value is -4.98. The molecule has 0 fully saturated rings. The number of hydrogen-bond acceptors (Lipinski definition) is 5. The zero-order valence-electron chi connectivity index (χ0n) is 25.3. The highest BCUT2D eigenvalue weighted by atomic mass is 19.1. The summed E-state index contributed by atoms with van der Waals surface area (Å²) in [4.78, 5) is 25.0. The van der Waals surface area contributed by atoms with Gasteiger partial charge in [-0.3, -0.25) is 14.3 Å². The zero-order chi connectivity index (χ0) is 31.6. The number of aromatic amines is 1. The first kappa shape index (κ1) is 31.4. The molecule has 5 rings (SSSR count). The standard InChI is InChI=1S/C37H37FN2O5/c1-44-34-20-12-26(13-21-34)8-14-30-18-19-33(38)24-32(30)17-11-28(22-27-4-6-29(7-5-27)23-35(41)42)3-2-25-9-15-31(16-10-25)36-39-37(43)45-40-36/h4-7,9-10,12-13,15-16,18-21,24,28H,2-3,8,11,14,17,22-23H2,1H3,(H,41,42)(H,39,40,43). The summed E-state index contributed by atoms with van der Waals surface area (Å²) < 4.78 is 24.3. The fraction of sp³-hybridized carbons (Fsp3) is 0.270. The van der Waals surface area contributed by atoms with Gasteiger partial charge in [-0.2, -0.15) is 0 Å². The van der Waals surface area contributed by atoms with Crippen molar-refractivity contribution in [2.45, 2.75) is 51.4 Å². The van der Waals surface area contributed by atoms with Gasteiger partial charge in [0.05, 0.1) is 13.5 Å². The molecule has 0 saturated heterocycles. The zero-order valence-corrected chi connectivity index (χ0v) is 25.3. The van der Waals surface area contributed by atoms with Crippen LogP contribution in [0.3, 0.4) is 0 Å². The van der Waals surface area contributed by atoms with Crippen molar-refractivity contribution in [2.24, 2.45) is 5.92 Å². The smallest absolute Gasteiger partial charge is 0.439 e. The van der Waals surface area contributed by atoms with E-state index in [1.165, 1.54) is 5.56 Å². The molecule has 0 bridgehead atoms. The summed E-state index contributed by atoms with van der Waals surface area (Å²) >= 11 is 0. The molecule has 1 unspecified atom stereocenters. The Kier molecular flexibility index (Phi) is 10.6. The maximum atomic E-state index is 14.4. The summed E-state index contributed by atoms with van der Waals surface area (Å²) in [5, 5.41) is 12.9. The van der Waals surface area contributed by atoms with Crippen molar-refractivity contribution in [2.75, 3.05) is 7.11 Å². The lowest BCUT2D eigenvalue weighted by Gasteiger charge is -2.19. The average molecular weight is 609 g/mol. The Labute approximate surface area is 261 Å². The summed E-state index contributed by atoms with van der Waals surface area (Å²) in [6.07, 6.45) is 5.93. The van der Waals surface area contributed by atoms with Gasteiger partial charge >= 0.3 is 11.7 Å². The fourth-order valence-electron chi connectivity index (χ4n) is 5.71. The number of H-pyrrole nitrogens is 1. The number of aliphatic carboxylic acids is 1. The first-order chi connectivity index (χ1) is 21.8. The Bertz CT molecular complexity index is 1740. The Morgan fingerprint density at radius 3 is 2.13 bits per heavy atom. The van der Waals surface area contributed by atoms with E-state index < -0.39 is 11.7 Å². The molecule has 2 N–H and O–H groups in total. The van der Waals surface area contributed by atoms with Gasteiger partial charge in [0.1, 0.15) is 11.6 Å². The summed E-state index contributed by atoms with van der Waals surface area (Å²) in [5.74, 6) is -0.119. The number of aryl methyl sites for hydroxylation is 4. The number of ether oxygens (including phenoxy) is 1. The van der Waals surface area contributed by atoms with E-state index in [1.807, 2.05) is 66.7 Å². The highest BCUT2D eigenvalue weighted by Crippen LogP contribution is 2.25. The average Bonchev–Trinajstić information content (AvgIpc) is 3.49. The molecule has 0 aliphatic rings. The Morgan fingerprint density at radius 1 is 0.822 bits per heavy atom. The van der Waals surface area contributed by atoms with Gasteiger partial charge in [0.25, 0.3) is 0 Å². The van der Waals surface area contributed by atoms with Crippen LogP contribution in [0.15, 0.2) is 100 Å². The first-order valence-corrected chi connectivity index (χ1v) is 15.2. The third-order valence-corrected chi connectivity index (χ3v) is 8.24. The molecular weight excluding hydrogens is 571 g/mol. The van der Waals surface area contributed by atoms with Crippen molar-refractivity contribution in [1.82, 2.24) is 10.1 Å². The highest BCUT2D eigenvalue weighted by Gasteiger charge is 2.14. The van der Waals surface area contributed by atoms with Crippen molar-refractivity contribution < 1.29 is 23.6 Å². The molecule has 232 valence electrons. The first-order valence-electron chi connectivity index (χ1n) is 15.2. The quantitative estimate of drug-likeness (QED) is 0.132. The molecule has 1 atom stereocenters. The summed E-state index contributed by atoms with van der Waals surface area (Å²) in [5.41, 5.74) is 7.27. The van der Waals surface area contributed by atoms with Gasteiger partial charge < -0.3 is 9.84 Å². The van der Waals surface area contributed by atoms with E-state index in [9.17, 15) is 14.0 Å². The second kappa shape index (κ2) is 15.1. The largest absolute Gasteiger partial charge is 0.497 e. The van der Waals surface area contributed by atoms with E-state index in [1.54, 1.807) is 19.2 Å². The van der Waals surface area contributed by atoms with Crippen molar-refractivity contribution in [3.63, 3.8) is 0 Å². The number of methoxy groups -OCH3 is 1. The molecule has 1 aromatic heterocycles. The third kappa shape index (κ3) is 9.25. The second-order valence-corrected chi connectivity index (χ2v) is 11.4. The van der Waals surface area contributed by atoms with Crippen LogP contribution in [0, 0.1) is 11.7 Å². The normalized spacial score (nSPS) is 11.8. The predicted molar refractivity (Wildman–Crippen MR) is 171 cm³/mol. The lowest BCUT2D eigenvalue weighted by atomic mass is 9.86. The van der Waals surface area contributed by atoms with Crippen LogP contribution in [0.25, 0.3) is 11.4 Å². The summed E-state index contributed by atoms with van der Waals surface area (Å²) in [6.45, 7) is 0. The number of nitrogens with zero attached hydrogens (tertiary/aromatic N) is 1. The molecule has 0 spiro atoms. The van der Waals surface area contributed by atoms with Crippen LogP contribution >= 0.6 is 0 Å². The third-order valence-electron chi connectivity index (χ3n) is 8.24. The molecular formula is C37H37FN2O5. The summed E-state index contributed by atoms with van der Waals surface area (Å²) in [6, 6.07) is 28.9. The number of nitrogens with one attached hydrogen (secondary N) is 1. The number of benzene rings is 4. The maximum absolute atomic E-state index is 14.4. The highest BCUT2D eigenvalue weighted by molar-refractivity contribution is 5.70. The molecule has 1 heterocycles. The van der Waals surface area contributed by atoms with Gasteiger partial charge in [0.15, 0.2) is 5.82 Å². The van der Waals surface area contributed by atoms with Crippen molar-refractivity contribution in [3.8, 4) is 17.1 Å². The minimum absolute atomic E-state index is 0.000800. The van der Waals surface area contributed by atoms with Crippen LogP contribution in [0.5, 0.6) is 5.75 Å². The monoisotopic (exact) mass is 608 g/mol. The second-order valence-electron chi connectivity index (χ2n) is 11.4. The van der Waals surface area contributed by atoms with Crippen molar-refractivity contribution >= 4 is 5.97 Å². The van der Waals surface area contributed by atoms with Crippen LogP contribution in [-0.4, -0.2) is 28.3 Å². The summed E-state index contributed by atoms with van der Waals surface area (Å²) in [7, 11) is 1.65. The topological polar surface area (TPSA) is 105 Å². The molecule has 0 saturated carbocycles. The van der Waals surface area contributed by atoms with Gasteiger partial charge in [-0.25, -0.2) is 9.18 Å². The van der Waals surface area contributed by atoms with Crippen LogP contribution in [0.1, 0.15) is 46.2 Å². The van der Waals surface area contributed by atoms with Crippen LogP contribution < -0.4 is 10.5 Å². The van der Waals surface area contributed by atoms with E-state index in [2.05, 4.69) is 26.8 Å². The van der Waals surface area contributed by atoms with Crippen molar-refractivity contribution in [1.29, 1.82) is 0 Å². The van der Waals surface area contributed by atoms with E-state index in [0.717, 1.165) is 84.1 Å². The number of aromatic nitrogens is 2. The van der Waals surface area contributed by atoms with Gasteiger partial charge in [-0.1, -0.05) is 71.9 Å². The lowest BCUT2D eigenvalue weighted by molar-refractivity contribution is -0.136. The fourth-order valence-corrected chi connectivity index (χ4v) is 5.71. The van der Waals surface area contributed by atoms with E-state index in [0.29, 0.717) is 11.7 Å². The number of halogens is 1. The van der Waals surface area contributed by atoms with Crippen LogP contribution in [0.4, 0.5) is 4.39 Å². The minimum atomic E-state index is -0.848. The van der Waals surface area contributed by atoms with E-state index in [-0.39, 0.29) is 12.2 Å². The number of carbonyl (C=O) groups is 1. The predicted octanol–water partition coefficient (Wildman–Crippen LogP) is 7.01. The van der Waals surface area contributed by atoms with E-state index >= 15 is 0 Å². The van der Waals surface area contributed by atoms with Gasteiger partial charge in [0.2, 0.25) is 0 Å². The Balaban J connectivity index is 1.28. The van der Waals surface area contributed by atoms with Crippen LogP contribution in [-0.2, 0) is 43.3 Å². The Morgan fingerprint density at radius 2 is 1.47 bits per heavy atom. The molecule has 8 heteroatoms. The van der Waals surface area contributed by atoms with E-state index in [4.69, 9.17) is 9.84 Å². The lowest BCUT2D eigenvalue weighted by Crippen LogP contribution is -2.10. The van der Waals surface area contributed by atoms with Gasteiger partial charge in [-0.05, 0) is 109 Å². The molecule has 0 aliphatic carbocycles. The SMILES string of the molecule is COc1ccc(CCc2ccc(F)cc2CCC(CCc2ccc(-c3noc(=O)[nH]3)cc2)Cc2ccc(CC(=O)O)cc2)cc1. The van der Waals surface area contributed by atoms with Crippen LogP contribution in [0.2, 0.25) is 0 Å². The van der Waals surface area contributed by atoms with Gasteiger partial charge in [-0.15, -0.1) is 0 Å². The molecule has 7 nitrogen and oxygen atoms in total. The molecule has 0 radical (unpaired) electrons.